The zero-order chi connectivity index (χ0) is 15.6. The molecule has 1 unspecified atom stereocenters. The quantitative estimate of drug-likeness (QED) is 0.723. The Morgan fingerprint density at radius 1 is 0.952 bits per heavy atom. The van der Waals surface area contributed by atoms with Crippen LogP contribution in [0, 0.1) is 20.8 Å². The van der Waals surface area contributed by atoms with Gasteiger partial charge in [0.1, 0.15) is 0 Å². The minimum absolute atomic E-state index is 0.487. The highest BCUT2D eigenvalue weighted by molar-refractivity contribution is 5.38. The van der Waals surface area contributed by atoms with Crippen molar-refractivity contribution in [2.45, 2.75) is 59.8 Å². The lowest BCUT2D eigenvalue weighted by molar-refractivity contribution is 0.735. The van der Waals surface area contributed by atoms with Crippen molar-refractivity contribution >= 4 is 0 Å². The van der Waals surface area contributed by atoms with Crippen LogP contribution in [0.15, 0.2) is 30.5 Å². The molecule has 0 radical (unpaired) electrons. The molecular formula is C20H27N. The fraction of sp³-hybridized carbons (Fsp3) is 0.450. The monoisotopic (exact) mass is 281 g/mol. The zero-order valence-electron chi connectivity index (χ0n) is 14.2. The predicted molar refractivity (Wildman–Crippen MR) is 91.1 cm³/mol. The molecule has 112 valence electrons. The van der Waals surface area contributed by atoms with Gasteiger partial charge >= 0.3 is 0 Å². The Morgan fingerprint density at radius 3 is 2.33 bits per heavy atom. The second-order valence-electron chi connectivity index (χ2n) is 6.53. The van der Waals surface area contributed by atoms with Crippen LogP contribution >= 0.6 is 0 Å². The molecule has 0 aliphatic heterocycles. The average Bonchev–Trinajstić information content (AvgIpc) is 2.43. The van der Waals surface area contributed by atoms with Crippen LogP contribution < -0.4 is 0 Å². The third kappa shape index (κ3) is 3.34. The van der Waals surface area contributed by atoms with Crippen LogP contribution in [0.3, 0.4) is 0 Å². The van der Waals surface area contributed by atoms with E-state index in [9.17, 15) is 0 Å². The summed E-state index contributed by atoms with van der Waals surface area (Å²) < 4.78 is 0. The SMILES string of the molecule is Cc1cccc(C(C)Cc2ccnc(C(C)C)c2C)c1C. The molecule has 0 spiro atoms. The molecule has 0 N–H and O–H groups in total. The van der Waals surface area contributed by atoms with Gasteiger partial charge in [-0.2, -0.15) is 0 Å². The molecule has 1 aromatic carbocycles. The van der Waals surface area contributed by atoms with E-state index in [0.29, 0.717) is 11.8 Å². The molecule has 1 nitrogen and oxygen atoms in total. The molecule has 0 aliphatic rings. The third-order valence-electron chi connectivity index (χ3n) is 4.61. The van der Waals surface area contributed by atoms with Gasteiger partial charge in [-0.25, -0.2) is 0 Å². The van der Waals surface area contributed by atoms with Crippen molar-refractivity contribution in [2.24, 2.45) is 0 Å². The number of benzene rings is 1. The molecule has 1 heteroatoms. The minimum atomic E-state index is 0.487. The summed E-state index contributed by atoms with van der Waals surface area (Å²) >= 11 is 0. The van der Waals surface area contributed by atoms with Crippen LogP contribution in [0.25, 0.3) is 0 Å². The van der Waals surface area contributed by atoms with Crippen LogP contribution in [-0.2, 0) is 6.42 Å². The highest BCUT2D eigenvalue weighted by atomic mass is 14.7. The highest BCUT2D eigenvalue weighted by Gasteiger charge is 2.14. The maximum atomic E-state index is 4.55. The van der Waals surface area contributed by atoms with E-state index in [2.05, 4.69) is 70.8 Å². The lowest BCUT2D eigenvalue weighted by Gasteiger charge is -2.19. The van der Waals surface area contributed by atoms with E-state index in [1.54, 1.807) is 0 Å². The fourth-order valence-corrected chi connectivity index (χ4v) is 3.14. The first kappa shape index (κ1) is 15.8. The van der Waals surface area contributed by atoms with Gasteiger partial charge in [0.05, 0.1) is 0 Å². The standard InChI is InChI=1S/C20H27N/c1-13(2)20-17(6)18(10-11-21-20)12-15(4)19-9-7-8-14(3)16(19)5/h7-11,13,15H,12H2,1-6H3. The summed E-state index contributed by atoms with van der Waals surface area (Å²) in [7, 11) is 0. The van der Waals surface area contributed by atoms with E-state index in [-0.39, 0.29) is 0 Å². The number of nitrogens with zero attached hydrogens (tertiary/aromatic N) is 1. The van der Waals surface area contributed by atoms with Crippen molar-refractivity contribution in [2.75, 3.05) is 0 Å². The van der Waals surface area contributed by atoms with E-state index in [1.165, 1.54) is 33.5 Å². The molecule has 2 rings (SSSR count). The minimum Gasteiger partial charge on any atom is -0.261 e. The molecule has 1 aromatic heterocycles. The van der Waals surface area contributed by atoms with Gasteiger partial charge in [-0.05, 0) is 72.9 Å². The number of hydrogen-bond donors (Lipinski definition) is 0. The molecule has 1 heterocycles. The third-order valence-corrected chi connectivity index (χ3v) is 4.61. The van der Waals surface area contributed by atoms with Crippen molar-refractivity contribution in [3.05, 3.63) is 64.0 Å². The first-order valence-corrected chi connectivity index (χ1v) is 7.92. The van der Waals surface area contributed by atoms with E-state index < -0.39 is 0 Å². The van der Waals surface area contributed by atoms with Crippen molar-refractivity contribution in [1.82, 2.24) is 4.98 Å². The van der Waals surface area contributed by atoms with Gasteiger partial charge in [-0.1, -0.05) is 39.0 Å². The molecule has 0 aliphatic carbocycles. The van der Waals surface area contributed by atoms with E-state index in [0.717, 1.165) is 6.42 Å². The van der Waals surface area contributed by atoms with E-state index >= 15 is 0 Å². The summed E-state index contributed by atoms with van der Waals surface area (Å²) in [5.41, 5.74) is 8.32. The van der Waals surface area contributed by atoms with Crippen LogP contribution in [0.5, 0.6) is 0 Å². The molecule has 0 fully saturated rings. The second kappa shape index (κ2) is 6.43. The van der Waals surface area contributed by atoms with Gasteiger partial charge in [0.2, 0.25) is 0 Å². The summed E-state index contributed by atoms with van der Waals surface area (Å²) in [6, 6.07) is 8.82. The van der Waals surface area contributed by atoms with Crippen LogP contribution in [0.2, 0.25) is 0 Å². The maximum Gasteiger partial charge on any atom is 0.0460 e. The Kier molecular flexibility index (Phi) is 4.82. The van der Waals surface area contributed by atoms with Gasteiger partial charge in [0, 0.05) is 11.9 Å². The number of rotatable bonds is 4. The van der Waals surface area contributed by atoms with E-state index in [4.69, 9.17) is 0 Å². The lowest BCUT2D eigenvalue weighted by atomic mass is 9.87. The van der Waals surface area contributed by atoms with Crippen LogP contribution in [-0.4, -0.2) is 4.98 Å². The van der Waals surface area contributed by atoms with Gasteiger partial charge in [0.25, 0.3) is 0 Å². The smallest absolute Gasteiger partial charge is 0.0460 e. The molecule has 0 amide bonds. The van der Waals surface area contributed by atoms with Gasteiger partial charge < -0.3 is 0 Å². The molecule has 0 bridgehead atoms. The predicted octanol–water partition coefficient (Wildman–Crippen LogP) is 5.48. The summed E-state index contributed by atoms with van der Waals surface area (Å²) in [4.78, 5) is 4.55. The van der Waals surface area contributed by atoms with Gasteiger partial charge in [-0.3, -0.25) is 4.98 Å². The van der Waals surface area contributed by atoms with Crippen LogP contribution in [0.1, 0.15) is 66.1 Å². The second-order valence-corrected chi connectivity index (χ2v) is 6.53. The molecule has 0 saturated heterocycles. The summed E-state index contributed by atoms with van der Waals surface area (Å²) in [6.45, 7) is 13.4. The van der Waals surface area contributed by atoms with Crippen molar-refractivity contribution in [3.63, 3.8) is 0 Å². The zero-order valence-corrected chi connectivity index (χ0v) is 14.2. The molecule has 21 heavy (non-hydrogen) atoms. The maximum absolute atomic E-state index is 4.55. The molecule has 2 aromatic rings. The Morgan fingerprint density at radius 2 is 1.67 bits per heavy atom. The fourth-order valence-electron chi connectivity index (χ4n) is 3.14. The highest BCUT2D eigenvalue weighted by Crippen LogP contribution is 2.28. The largest absolute Gasteiger partial charge is 0.261 e. The number of pyridine rings is 1. The van der Waals surface area contributed by atoms with Crippen molar-refractivity contribution in [3.8, 4) is 0 Å². The summed E-state index contributed by atoms with van der Waals surface area (Å²) in [5.74, 6) is 1.02. The first-order chi connectivity index (χ1) is 9.91. The molecule has 1 atom stereocenters. The summed E-state index contributed by atoms with van der Waals surface area (Å²) in [5, 5.41) is 0. The Hall–Kier alpha value is -1.63. The average molecular weight is 281 g/mol. The topological polar surface area (TPSA) is 12.9 Å². The van der Waals surface area contributed by atoms with Crippen LogP contribution in [0.4, 0.5) is 0 Å². The Bertz CT molecular complexity index is 626. The Balaban J connectivity index is 2.30. The van der Waals surface area contributed by atoms with Gasteiger partial charge in [0.15, 0.2) is 0 Å². The number of hydrogen-bond acceptors (Lipinski definition) is 1. The number of aryl methyl sites for hydroxylation is 1. The first-order valence-electron chi connectivity index (χ1n) is 7.92. The van der Waals surface area contributed by atoms with Crippen molar-refractivity contribution < 1.29 is 0 Å². The van der Waals surface area contributed by atoms with Gasteiger partial charge in [-0.15, -0.1) is 0 Å². The number of aromatic nitrogens is 1. The van der Waals surface area contributed by atoms with E-state index in [1.807, 2.05) is 6.20 Å². The normalized spacial score (nSPS) is 12.7. The molecular weight excluding hydrogens is 254 g/mol. The van der Waals surface area contributed by atoms with Crippen molar-refractivity contribution in [1.29, 1.82) is 0 Å². The molecule has 0 saturated carbocycles. The Labute approximate surface area is 129 Å². The summed E-state index contributed by atoms with van der Waals surface area (Å²) in [6.07, 6.45) is 3.05. The lowest BCUT2D eigenvalue weighted by Crippen LogP contribution is -2.06.